The molecular weight excluding hydrogens is 214 g/mol. The van der Waals surface area contributed by atoms with Crippen molar-refractivity contribution in [1.29, 1.82) is 0 Å². The predicted octanol–water partition coefficient (Wildman–Crippen LogP) is 2.19. The summed E-state index contributed by atoms with van der Waals surface area (Å²) in [7, 11) is 0. The number of carbonyl (C=O) groups is 1. The van der Waals surface area contributed by atoms with Crippen molar-refractivity contribution in [3.8, 4) is 0 Å². The van der Waals surface area contributed by atoms with Crippen LogP contribution in [0.5, 0.6) is 0 Å². The fourth-order valence-electron chi connectivity index (χ4n) is 1.60. The molecule has 17 heavy (non-hydrogen) atoms. The topological polar surface area (TPSA) is 49.3 Å². The van der Waals surface area contributed by atoms with Crippen LogP contribution in [0.3, 0.4) is 0 Å². The van der Waals surface area contributed by atoms with Crippen molar-refractivity contribution in [3.05, 3.63) is 34.9 Å². The summed E-state index contributed by atoms with van der Waals surface area (Å²) in [6, 6.07) is 5.66. The van der Waals surface area contributed by atoms with E-state index in [-0.39, 0.29) is 18.1 Å². The highest BCUT2D eigenvalue weighted by Gasteiger charge is 2.20. The molecule has 2 N–H and O–H groups in total. The minimum Gasteiger partial charge on any atom is -0.396 e. The molecule has 0 saturated carbocycles. The van der Waals surface area contributed by atoms with Crippen LogP contribution >= 0.6 is 0 Å². The van der Waals surface area contributed by atoms with Gasteiger partial charge in [0.1, 0.15) is 0 Å². The van der Waals surface area contributed by atoms with Crippen LogP contribution < -0.4 is 5.32 Å². The van der Waals surface area contributed by atoms with E-state index < -0.39 is 0 Å². The molecule has 0 saturated heterocycles. The number of rotatable bonds is 4. The van der Waals surface area contributed by atoms with Gasteiger partial charge in [-0.15, -0.1) is 0 Å². The van der Waals surface area contributed by atoms with E-state index >= 15 is 0 Å². The first kappa shape index (κ1) is 13.7. The highest BCUT2D eigenvalue weighted by Crippen LogP contribution is 2.13. The average molecular weight is 235 g/mol. The molecule has 0 aliphatic carbocycles. The zero-order valence-corrected chi connectivity index (χ0v) is 11.0. The smallest absolute Gasteiger partial charge is 0.251 e. The summed E-state index contributed by atoms with van der Waals surface area (Å²) >= 11 is 0. The minimum absolute atomic E-state index is 0.0696. The van der Waals surface area contributed by atoms with Gasteiger partial charge in [0.05, 0.1) is 0 Å². The zero-order chi connectivity index (χ0) is 13.1. The number of aliphatic hydroxyl groups is 1. The van der Waals surface area contributed by atoms with Crippen LogP contribution in [0.2, 0.25) is 0 Å². The van der Waals surface area contributed by atoms with E-state index in [2.05, 4.69) is 5.32 Å². The quantitative estimate of drug-likeness (QED) is 0.840. The normalized spacial score (nSPS) is 11.4. The Balaban J connectivity index is 2.80. The van der Waals surface area contributed by atoms with Gasteiger partial charge in [-0.25, -0.2) is 0 Å². The molecule has 94 valence electrons. The SMILES string of the molecule is Cc1ccc(C(=O)NC(C)(C)CCO)cc1C. The first-order valence-electron chi connectivity index (χ1n) is 5.86. The lowest BCUT2D eigenvalue weighted by Crippen LogP contribution is -2.44. The van der Waals surface area contributed by atoms with E-state index in [9.17, 15) is 4.79 Å². The van der Waals surface area contributed by atoms with Gasteiger partial charge in [-0.2, -0.15) is 0 Å². The number of amides is 1. The minimum atomic E-state index is -0.384. The van der Waals surface area contributed by atoms with Gasteiger partial charge in [0.15, 0.2) is 0 Å². The van der Waals surface area contributed by atoms with E-state index in [1.807, 2.05) is 45.9 Å². The van der Waals surface area contributed by atoms with Gasteiger partial charge in [-0.3, -0.25) is 4.79 Å². The van der Waals surface area contributed by atoms with Crippen molar-refractivity contribution in [2.24, 2.45) is 0 Å². The lowest BCUT2D eigenvalue weighted by molar-refractivity contribution is 0.0899. The number of nitrogens with one attached hydrogen (secondary N) is 1. The maximum absolute atomic E-state index is 12.0. The highest BCUT2D eigenvalue weighted by atomic mass is 16.3. The lowest BCUT2D eigenvalue weighted by atomic mass is 9.99. The summed E-state index contributed by atoms with van der Waals surface area (Å²) in [6.45, 7) is 7.89. The molecular formula is C14H21NO2. The van der Waals surface area contributed by atoms with Gasteiger partial charge in [-0.05, 0) is 57.4 Å². The molecule has 1 amide bonds. The number of hydrogen-bond donors (Lipinski definition) is 2. The summed E-state index contributed by atoms with van der Waals surface area (Å²) in [5, 5.41) is 11.8. The molecule has 1 rings (SSSR count). The van der Waals surface area contributed by atoms with Crippen LogP contribution in [0.1, 0.15) is 41.8 Å². The van der Waals surface area contributed by atoms with Crippen LogP contribution in [-0.2, 0) is 0 Å². The van der Waals surface area contributed by atoms with Crippen molar-refractivity contribution in [2.45, 2.75) is 39.7 Å². The molecule has 0 heterocycles. The maximum Gasteiger partial charge on any atom is 0.251 e. The third kappa shape index (κ3) is 3.86. The van der Waals surface area contributed by atoms with Crippen LogP contribution in [0, 0.1) is 13.8 Å². The van der Waals surface area contributed by atoms with Gasteiger partial charge in [0.25, 0.3) is 5.91 Å². The van der Waals surface area contributed by atoms with Gasteiger partial charge in [0.2, 0.25) is 0 Å². The molecule has 0 aliphatic heterocycles. The maximum atomic E-state index is 12.0. The Kier molecular flexibility index (Phi) is 4.29. The summed E-state index contributed by atoms with van der Waals surface area (Å²) in [6.07, 6.45) is 0.545. The summed E-state index contributed by atoms with van der Waals surface area (Å²) in [5.74, 6) is -0.0912. The first-order valence-corrected chi connectivity index (χ1v) is 5.86. The Morgan fingerprint density at radius 2 is 1.94 bits per heavy atom. The average Bonchev–Trinajstić information content (AvgIpc) is 2.21. The standard InChI is InChI=1S/C14H21NO2/c1-10-5-6-12(9-11(10)2)13(17)15-14(3,4)7-8-16/h5-6,9,16H,7-8H2,1-4H3,(H,15,17). The number of aryl methyl sites for hydroxylation is 2. The molecule has 3 nitrogen and oxygen atoms in total. The van der Waals surface area contributed by atoms with Crippen LogP contribution in [-0.4, -0.2) is 23.2 Å². The number of aliphatic hydroxyl groups excluding tert-OH is 1. The third-order valence-corrected chi connectivity index (χ3v) is 2.96. The van der Waals surface area contributed by atoms with E-state index in [1.54, 1.807) is 0 Å². The van der Waals surface area contributed by atoms with Crippen molar-refractivity contribution in [3.63, 3.8) is 0 Å². The monoisotopic (exact) mass is 235 g/mol. The van der Waals surface area contributed by atoms with Crippen molar-refractivity contribution >= 4 is 5.91 Å². The second-order valence-corrected chi connectivity index (χ2v) is 5.11. The van der Waals surface area contributed by atoms with E-state index in [0.29, 0.717) is 12.0 Å². The second-order valence-electron chi connectivity index (χ2n) is 5.11. The first-order chi connectivity index (χ1) is 7.85. The Labute approximate surface area is 103 Å². The Bertz CT molecular complexity index is 411. The molecule has 0 bridgehead atoms. The number of carbonyl (C=O) groups excluding carboxylic acids is 1. The molecule has 1 aromatic carbocycles. The van der Waals surface area contributed by atoms with Crippen molar-refractivity contribution in [1.82, 2.24) is 5.32 Å². The molecule has 0 aliphatic rings. The molecule has 0 fully saturated rings. The summed E-state index contributed by atoms with van der Waals surface area (Å²) < 4.78 is 0. The molecule has 3 heteroatoms. The summed E-state index contributed by atoms with van der Waals surface area (Å²) in [4.78, 5) is 12.0. The fraction of sp³-hybridized carbons (Fsp3) is 0.500. The van der Waals surface area contributed by atoms with E-state index in [1.165, 1.54) is 5.56 Å². The molecule has 0 atom stereocenters. The Morgan fingerprint density at radius 3 is 2.47 bits per heavy atom. The second kappa shape index (κ2) is 5.32. The van der Waals surface area contributed by atoms with Crippen LogP contribution in [0.15, 0.2) is 18.2 Å². The molecule has 1 aromatic rings. The van der Waals surface area contributed by atoms with Gasteiger partial charge in [0, 0.05) is 17.7 Å². The summed E-state index contributed by atoms with van der Waals surface area (Å²) in [5.41, 5.74) is 2.57. The van der Waals surface area contributed by atoms with Crippen LogP contribution in [0.4, 0.5) is 0 Å². The molecule has 0 unspecified atom stereocenters. The van der Waals surface area contributed by atoms with Crippen molar-refractivity contribution in [2.75, 3.05) is 6.61 Å². The van der Waals surface area contributed by atoms with Gasteiger partial charge >= 0.3 is 0 Å². The van der Waals surface area contributed by atoms with Crippen LogP contribution in [0.25, 0.3) is 0 Å². The molecule has 0 spiro atoms. The third-order valence-electron chi connectivity index (χ3n) is 2.96. The molecule has 0 aromatic heterocycles. The number of benzene rings is 1. The van der Waals surface area contributed by atoms with Crippen molar-refractivity contribution < 1.29 is 9.90 Å². The zero-order valence-electron chi connectivity index (χ0n) is 11.0. The number of hydrogen-bond acceptors (Lipinski definition) is 2. The lowest BCUT2D eigenvalue weighted by Gasteiger charge is -2.25. The Hall–Kier alpha value is -1.35. The van der Waals surface area contributed by atoms with Gasteiger partial charge in [-0.1, -0.05) is 6.07 Å². The van der Waals surface area contributed by atoms with Gasteiger partial charge < -0.3 is 10.4 Å². The predicted molar refractivity (Wildman–Crippen MR) is 69.2 cm³/mol. The largest absolute Gasteiger partial charge is 0.396 e. The molecule has 0 radical (unpaired) electrons. The fourth-order valence-corrected chi connectivity index (χ4v) is 1.60. The highest BCUT2D eigenvalue weighted by molar-refractivity contribution is 5.94. The Morgan fingerprint density at radius 1 is 1.29 bits per heavy atom. The van der Waals surface area contributed by atoms with E-state index in [0.717, 1.165) is 5.56 Å². The van der Waals surface area contributed by atoms with E-state index in [4.69, 9.17) is 5.11 Å².